The highest BCUT2D eigenvalue weighted by atomic mass is 16.5. The summed E-state index contributed by atoms with van der Waals surface area (Å²) in [5.41, 5.74) is 8.31. The molecule has 3 rings (SSSR count). The molecule has 23 heavy (non-hydrogen) atoms. The number of fused-ring (bicyclic) bond motifs is 3. The van der Waals surface area contributed by atoms with E-state index in [1.165, 1.54) is 5.52 Å². The van der Waals surface area contributed by atoms with Gasteiger partial charge in [0.2, 0.25) is 0 Å². The lowest BCUT2D eigenvalue weighted by atomic mass is 10.0. The molecule has 0 bridgehead atoms. The first-order chi connectivity index (χ1) is 10.9. The van der Waals surface area contributed by atoms with Gasteiger partial charge in [0.15, 0.2) is 0 Å². The van der Waals surface area contributed by atoms with Gasteiger partial charge < -0.3 is 10.3 Å². The zero-order valence-corrected chi connectivity index (χ0v) is 13.5. The summed E-state index contributed by atoms with van der Waals surface area (Å²) >= 11 is 0. The van der Waals surface area contributed by atoms with Crippen molar-refractivity contribution in [3.05, 3.63) is 48.0 Å². The molecule has 0 fully saturated rings. The van der Waals surface area contributed by atoms with Crippen LogP contribution in [0.5, 0.6) is 0 Å². The van der Waals surface area contributed by atoms with Crippen molar-refractivity contribution in [2.45, 2.75) is 32.9 Å². The largest absolute Gasteiger partial charge is 0.350 e. The van der Waals surface area contributed by atoms with E-state index in [1.807, 2.05) is 30.3 Å². The number of primary amides is 1. The fourth-order valence-corrected chi connectivity index (χ4v) is 3.17. The van der Waals surface area contributed by atoms with Crippen molar-refractivity contribution in [1.29, 1.82) is 0 Å². The van der Waals surface area contributed by atoms with Gasteiger partial charge in [-0.05, 0) is 44.5 Å². The molecule has 5 nitrogen and oxygen atoms in total. The number of aromatic nitrogens is 1. The van der Waals surface area contributed by atoms with Crippen molar-refractivity contribution in [3.63, 3.8) is 0 Å². The van der Waals surface area contributed by atoms with Crippen molar-refractivity contribution in [3.8, 4) is 0 Å². The molecule has 0 aliphatic heterocycles. The predicted octanol–water partition coefficient (Wildman–Crippen LogP) is 4.21. The Balaban J connectivity index is 2.24. The fraction of sp³-hybridized carbons (Fsp3) is 0.278. The average Bonchev–Trinajstić information content (AvgIpc) is 2.87. The third-order valence-electron chi connectivity index (χ3n) is 4.33. The number of urea groups is 1. The van der Waals surface area contributed by atoms with Crippen LogP contribution >= 0.6 is 0 Å². The minimum Gasteiger partial charge on any atom is -0.350 e. The number of para-hydroxylation sites is 1. The summed E-state index contributed by atoms with van der Waals surface area (Å²) in [5.74, 6) is 0. The van der Waals surface area contributed by atoms with E-state index in [-0.39, 0.29) is 0 Å². The maximum Gasteiger partial charge on any atom is 0.339 e. The van der Waals surface area contributed by atoms with E-state index in [0.717, 1.165) is 21.9 Å². The number of benzene rings is 2. The van der Waals surface area contributed by atoms with E-state index in [2.05, 4.69) is 30.5 Å². The van der Waals surface area contributed by atoms with Gasteiger partial charge in [-0.2, -0.15) is 5.06 Å². The zero-order valence-electron chi connectivity index (χ0n) is 13.5. The minimum absolute atomic E-state index is 0.334. The van der Waals surface area contributed by atoms with Crippen LogP contribution in [0.1, 0.15) is 38.4 Å². The van der Waals surface area contributed by atoms with Crippen molar-refractivity contribution >= 4 is 27.8 Å². The number of amides is 2. The topological polar surface area (TPSA) is 71.5 Å². The second-order valence-corrected chi connectivity index (χ2v) is 6.12. The molecule has 1 unspecified atom stereocenters. The lowest BCUT2D eigenvalue weighted by Gasteiger charge is -2.21. The second-order valence-electron chi connectivity index (χ2n) is 6.12. The number of hydroxylamine groups is 2. The molecular formula is C18H21N3O2. The quantitative estimate of drug-likeness (QED) is 0.562. The highest BCUT2D eigenvalue weighted by Crippen LogP contribution is 2.34. The normalized spacial score (nSPS) is 12.9. The van der Waals surface area contributed by atoms with Crippen LogP contribution in [0.2, 0.25) is 0 Å². The number of nitrogens with zero attached hydrogens (tertiary/aromatic N) is 2. The number of hydrogen-bond acceptors (Lipinski definition) is 2. The molecule has 120 valence electrons. The number of nitrogens with two attached hydrogens (primary N) is 1. The predicted molar refractivity (Wildman–Crippen MR) is 91.5 cm³/mol. The molecule has 0 radical (unpaired) electrons. The minimum atomic E-state index is -0.859. The molecule has 0 saturated heterocycles. The Morgan fingerprint density at radius 3 is 2.39 bits per heavy atom. The Hall–Kier alpha value is -2.53. The van der Waals surface area contributed by atoms with Gasteiger partial charge >= 0.3 is 6.03 Å². The van der Waals surface area contributed by atoms with Crippen molar-refractivity contribution < 1.29 is 10.0 Å². The van der Waals surface area contributed by atoms with Gasteiger partial charge in [-0.15, -0.1) is 0 Å². The van der Waals surface area contributed by atoms with Crippen LogP contribution in [0.15, 0.2) is 42.5 Å². The fourth-order valence-electron chi connectivity index (χ4n) is 3.17. The molecule has 1 aromatic heterocycles. The molecule has 3 N–H and O–H groups in total. The summed E-state index contributed by atoms with van der Waals surface area (Å²) in [4.78, 5) is 11.2. The Bertz CT molecular complexity index is 882. The van der Waals surface area contributed by atoms with E-state index in [0.29, 0.717) is 11.1 Å². The van der Waals surface area contributed by atoms with E-state index in [9.17, 15) is 10.0 Å². The molecule has 5 heteroatoms. The third kappa shape index (κ3) is 2.43. The summed E-state index contributed by atoms with van der Waals surface area (Å²) in [5, 5.41) is 12.6. The highest BCUT2D eigenvalue weighted by Gasteiger charge is 2.19. The first kappa shape index (κ1) is 15.4. The smallest absolute Gasteiger partial charge is 0.339 e. The van der Waals surface area contributed by atoms with Crippen molar-refractivity contribution in [2.24, 2.45) is 5.73 Å². The standard InChI is InChI=1S/C18H21N3O2/c1-11(2)20-16-7-5-4-6-14(16)15-10-13(8-9-17(15)20)12(3)21(23)18(19)22/h4-12,23H,1-3H3,(H2,19,22). The van der Waals surface area contributed by atoms with Crippen LogP contribution in [0.4, 0.5) is 4.79 Å². The van der Waals surface area contributed by atoms with Crippen LogP contribution in [-0.2, 0) is 0 Å². The Kier molecular flexibility index (Phi) is 3.74. The van der Waals surface area contributed by atoms with Crippen molar-refractivity contribution in [1.82, 2.24) is 9.63 Å². The van der Waals surface area contributed by atoms with Crippen LogP contribution < -0.4 is 5.73 Å². The summed E-state index contributed by atoms with van der Waals surface area (Å²) in [6.07, 6.45) is 0. The van der Waals surface area contributed by atoms with E-state index >= 15 is 0 Å². The Morgan fingerprint density at radius 2 is 1.74 bits per heavy atom. The molecule has 2 aromatic carbocycles. The summed E-state index contributed by atoms with van der Waals surface area (Å²) in [7, 11) is 0. The molecule has 0 saturated carbocycles. The zero-order chi connectivity index (χ0) is 16.7. The van der Waals surface area contributed by atoms with Crippen molar-refractivity contribution in [2.75, 3.05) is 0 Å². The molecule has 0 spiro atoms. The summed E-state index contributed by atoms with van der Waals surface area (Å²) in [6.45, 7) is 6.06. The van der Waals surface area contributed by atoms with Crippen LogP contribution in [0, 0.1) is 0 Å². The third-order valence-corrected chi connectivity index (χ3v) is 4.33. The molecule has 0 aliphatic rings. The Morgan fingerprint density at radius 1 is 1.09 bits per heavy atom. The van der Waals surface area contributed by atoms with Crippen LogP contribution in [0.25, 0.3) is 21.8 Å². The lowest BCUT2D eigenvalue weighted by molar-refractivity contribution is -0.0709. The molecule has 1 heterocycles. The summed E-state index contributed by atoms with van der Waals surface area (Å²) in [6, 6.07) is 13.2. The SMILES string of the molecule is CC(c1ccc2c(c1)c1ccccc1n2C(C)C)N(O)C(N)=O. The van der Waals surface area contributed by atoms with E-state index in [1.54, 1.807) is 6.92 Å². The lowest BCUT2D eigenvalue weighted by Crippen LogP contribution is -2.34. The van der Waals surface area contributed by atoms with Gasteiger partial charge in [-0.3, -0.25) is 5.21 Å². The molecule has 2 amide bonds. The van der Waals surface area contributed by atoms with Gasteiger partial charge in [0, 0.05) is 27.8 Å². The van der Waals surface area contributed by atoms with Gasteiger partial charge in [0.05, 0.1) is 6.04 Å². The molecule has 1 atom stereocenters. The first-order valence-corrected chi connectivity index (χ1v) is 7.72. The maximum atomic E-state index is 11.2. The molecular weight excluding hydrogens is 290 g/mol. The maximum absolute atomic E-state index is 11.2. The summed E-state index contributed by atoms with van der Waals surface area (Å²) < 4.78 is 2.30. The van der Waals surface area contributed by atoms with Crippen LogP contribution in [0.3, 0.4) is 0 Å². The monoisotopic (exact) mass is 311 g/mol. The number of carbonyl (C=O) groups excluding carboxylic acids is 1. The second kappa shape index (κ2) is 5.59. The van der Waals surface area contributed by atoms with E-state index < -0.39 is 12.1 Å². The van der Waals surface area contributed by atoms with Crippen LogP contribution in [-0.4, -0.2) is 20.9 Å². The Labute approximate surface area is 134 Å². The van der Waals surface area contributed by atoms with Gasteiger partial charge in [0.1, 0.15) is 0 Å². The molecule has 3 aromatic rings. The van der Waals surface area contributed by atoms with Gasteiger partial charge in [-0.1, -0.05) is 24.3 Å². The average molecular weight is 311 g/mol. The van der Waals surface area contributed by atoms with E-state index in [4.69, 9.17) is 5.73 Å². The van der Waals surface area contributed by atoms with Gasteiger partial charge in [0.25, 0.3) is 0 Å². The number of carbonyl (C=O) groups is 1. The number of rotatable bonds is 3. The van der Waals surface area contributed by atoms with Gasteiger partial charge in [-0.25, -0.2) is 4.79 Å². The molecule has 0 aliphatic carbocycles. The highest BCUT2D eigenvalue weighted by molar-refractivity contribution is 6.08. The first-order valence-electron chi connectivity index (χ1n) is 7.72. The number of hydrogen-bond donors (Lipinski definition) is 2.